The Hall–Kier alpha value is -3.98. The lowest BCUT2D eigenvalue weighted by Crippen LogP contribution is -2.70. The van der Waals surface area contributed by atoms with E-state index in [0.29, 0.717) is 19.2 Å². The van der Waals surface area contributed by atoms with Crippen LogP contribution < -0.4 is 5.32 Å². The predicted octanol–water partition coefficient (Wildman–Crippen LogP) is 9.79. The third kappa shape index (κ3) is 8.72. The Kier molecular flexibility index (Phi) is 12.8. The third-order valence-corrected chi connectivity index (χ3v) is 7.38. The van der Waals surface area contributed by atoms with Gasteiger partial charge in [0.25, 0.3) is 5.60 Å². The summed E-state index contributed by atoms with van der Waals surface area (Å²) < 4.78 is 238. The van der Waals surface area contributed by atoms with Crippen molar-refractivity contribution in [3.8, 4) is 0 Å². The summed E-state index contributed by atoms with van der Waals surface area (Å²) in [5, 5.41) is 1.92. The number of alkyl carbamates (subject to hydrolysis) is 1. The predicted molar refractivity (Wildman–Crippen MR) is 150 cm³/mol. The van der Waals surface area contributed by atoms with Gasteiger partial charge in [-0.15, -0.1) is 0 Å². The number of rotatable bonds is 14. The number of nitrogens with one attached hydrogen (secondary N) is 1. The minimum Gasteiger partial charge on any atom is -0.457 e. The average Bonchev–Trinajstić information content (AvgIpc) is 3.01. The molecule has 0 aliphatic carbocycles. The van der Waals surface area contributed by atoms with Crippen molar-refractivity contribution >= 4 is 12.1 Å². The highest BCUT2D eigenvalue weighted by Crippen LogP contribution is 2.61. The Morgan fingerprint density at radius 1 is 0.642 bits per heavy atom. The van der Waals surface area contributed by atoms with Crippen LogP contribution in [0.3, 0.4) is 0 Å². The first-order chi connectivity index (χ1) is 23.7. The third-order valence-electron chi connectivity index (χ3n) is 7.38. The molecule has 2 aromatic carbocycles. The fourth-order valence-electron chi connectivity index (χ4n) is 4.67. The largest absolute Gasteiger partial charge is 0.460 e. The molecule has 53 heavy (non-hydrogen) atoms. The SMILES string of the molecule is CO[C@](C(=O)O[C@H](CCC(F)(F)C(F)(F)C(F)(F)C(F)(F)C(F)(F)C(F)(F)F)[C@H](NC(=O)OC(C)(C)C)c1ccccc1)(c1ccccc1)C(F)(F)F. The molecule has 0 heterocycles. The smallest absolute Gasteiger partial charge is 0.457 e. The molecule has 0 aliphatic rings. The first-order valence-corrected chi connectivity index (χ1v) is 14.6. The lowest BCUT2D eigenvalue weighted by molar-refractivity contribution is -0.440. The fourth-order valence-corrected chi connectivity index (χ4v) is 4.67. The molecule has 6 nitrogen and oxygen atoms in total. The van der Waals surface area contributed by atoms with Gasteiger partial charge >= 0.3 is 54.0 Å². The molecule has 0 radical (unpaired) electrons. The van der Waals surface area contributed by atoms with E-state index in [1.54, 1.807) is 0 Å². The van der Waals surface area contributed by atoms with Crippen LogP contribution in [0.15, 0.2) is 60.7 Å². The summed E-state index contributed by atoms with van der Waals surface area (Å²) in [6, 6.07) is 7.77. The van der Waals surface area contributed by atoms with Crippen molar-refractivity contribution in [2.24, 2.45) is 0 Å². The van der Waals surface area contributed by atoms with E-state index in [1.807, 2.05) is 5.32 Å². The molecule has 2 rings (SSSR count). The van der Waals surface area contributed by atoms with Gasteiger partial charge in [-0.1, -0.05) is 60.7 Å². The van der Waals surface area contributed by atoms with E-state index in [2.05, 4.69) is 4.74 Å². The van der Waals surface area contributed by atoms with Gasteiger partial charge in [0.05, 0.1) is 6.04 Å². The zero-order chi connectivity index (χ0) is 41.3. The number of alkyl halides is 16. The highest BCUT2D eigenvalue weighted by Gasteiger charge is 2.90. The molecule has 0 saturated carbocycles. The highest BCUT2D eigenvalue weighted by molar-refractivity contribution is 5.83. The lowest BCUT2D eigenvalue weighted by atomic mass is 9.89. The summed E-state index contributed by atoms with van der Waals surface area (Å²) in [4.78, 5) is 26.2. The molecular formula is C31H29F16NO5. The minimum absolute atomic E-state index is 0.331. The van der Waals surface area contributed by atoms with Crippen molar-refractivity contribution in [2.75, 3.05) is 7.11 Å². The molecule has 0 aliphatic heterocycles. The molecule has 3 atom stereocenters. The van der Waals surface area contributed by atoms with Gasteiger partial charge in [0.1, 0.15) is 11.7 Å². The molecule has 1 amide bonds. The van der Waals surface area contributed by atoms with Crippen molar-refractivity contribution in [2.45, 2.75) is 98.9 Å². The van der Waals surface area contributed by atoms with Gasteiger partial charge in [0.15, 0.2) is 0 Å². The summed E-state index contributed by atoms with van der Waals surface area (Å²) >= 11 is 0. The van der Waals surface area contributed by atoms with Crippen LogP contribution >= 0.6 is 0 Å². The van der Waals surface area contributed by atoms with Crippen LogP contribution in [0.5, 0.6) is 0 Å². The first kappa shape index (κ1) is 45.2. The second kappa shape index (κ2) is 15.0. The van der Waals surface area contributed by atoms with Crippen molar-refractivity contribution < 1.29 is 94.0 Å². The summed E-state index contributed by atoms with van der Waals surface area (Å²) in [7, 11) is 0.331. The van der Waals surface area contributed by atoms with Gasteiger partial charge < -0.3 is 19.5 Å². The van der Waals surface area contributed by atoms with Crippen LogP contribution in [0.25, 0.3) is 0 Å². The van der Waals surface area contributed by atoms with Crippen LogP contribution in [-0.2, 0) is 24.6 Å². The van der Waals surface area contributed by atoms with Gasteiger partial charge in [0.2, 0.25) is 0 Å². The maximum atomic E-state index is 15.0. The molecule has 0 aromatic heterocycles. The summed E-state index contributed by atoms with van der Waals surface area (Å²) in [5.74, 6) is -41.4. The number of benzene rings is 2. The van der Waals surface area contributed by atoms with Crippen LogP contribution in [0.2, 0.25) is 0 Å². The molecule has 1 N–H and O–H groups in total. The second-order valence-electron chi connectivity index (χ2n) is 12.3. The zero-order valence-electron chi connectivity index (χ0n) is 27.4. The number of amides is 1. The lowest BCUT2D eigenvalue weighted by Gasteiger charge is -2.40. The molecule has 0 bridgehead atoms. The molecule has 0 spiro atoms. The number of ether oxygens (including phenoxy) is 3. The molecule has 0 saturated heterocycles. The fraction of sp³-hybridized carbons (Fsp3) is 0.548. The Bertz CT molecular complexity index is 1540. The molecule has 22 heteroatoms. The van der Waals surface area contributed by atoms with E-state index in [4.69, 9.17) is 9.47 Å². The summed E-state index contributed by atoms with van der Waals surface area (Å²) in [5.41, 5.74) is -6.96. The van der Waals surface area contributed by atoms with E-state index in [-0.39, 0.29) is 5.56 Å². The maximum absolute atomic E-state index is 15.0. The number of carbonyl (C=O) groups excluding carboxylic acids is 2. The minimum atomic E-state index is -8.22. The van der Waals surface area contributed by atoms with Gasteiger partial charge in [-0.3, -0.25) is 0 Å². The number of carbonyl (C=O) groups is 2. The molecule has 0 fully saturated rings. The number of esters is 1. The van der Waals surface area contributed by atoms with Crippen LogP contribution in [0.1, 0.15) is 50.8 Å². The number of methoxy groups -OCH3 is 1. The summed E-state index contributed by atoms with van der Waals surface area (Å²) in [6.07, 6.45) is -22.9. The Morgan fingerprint density at radius 3 is 1.51 bits per heavy atom. The number of halogens is 16. The molecular weight excluding hydrogens is 770 g/mol. The topological polar surface area (TPSA) is 73.9 Å². The Balaban J connectivity index is 2.78. The Morgan fingerprint density at radius 2 is 1.09 bits per heavy atom. The van der Waals surface area contributed by atoms with Crippen LogP contribution in [0.4, 0.5) is 75.0 Å². The second-order valence-corrected chi connectivity index (χ2v) is 12.3. The van der Waals surface area contributed by atoms with Crippen LogP contribution in [-0.4, -0.2) is 72.8 Å². The monoisotopic (exact) mass is 799 g/mol. The quantitative estimate of drug-likeness (QED) is 0.152. The number of hydrogen-bond donors (Lipinski definition) is 1. The highest BCUT2D eigenvalue weighted by atomic mass is 19.4. The normalized spacial score (nSPS) is 16.3. The standard InChI is InChI=1S/C31H29F16NO5/c1-23(2,3)53-22(50)48-20(17-11-7-5-8-12-17)19(52-21(49)25(51-4,30(42,43)44)18-13-9-6-10-14-18)15-16-24(32,33)26(34,35)27(36,37)28(38,39)29(40,41)31(45,46)47/h5-14,19-20H,15-16H2,1-4H3,(H,48,50)/t19-,20-,25+/m1/s1. The van der Waals surface area contributed by atoms with Gasteiger partial charge in [-0.25, -0.2) is 9.59 Å². The summed E-state index contributed by atoms with van der Waals surface area (Å²) in [6.45, 7) is 3.83. The maximum Gasteiger partial charge on any atom is 0.460 e. The van der Waals surface area contributed by atoms with Crippen molar-refractivity contribution in [1.82, 2.24) is 5.32 Å². The van der Waals surface area contributed by atoms with E-state index in [0.717, 1.165) is 36.4 Å². The van der Waals surface area contributed by atoms with E-state index in [1.165, 1.54) is 32.9 Å². The van der Waals surface area contributed by atoms with E-state index in [9.17, 15) is 79.8 Å². The van der Waals surface area contributed by atoms with Crippen molar-refractivity contribution in [3.63, 3.8) is 0 Å². The average molecular weight is 800 g/mol. The number of hydrogen-bond acceptors (Lipinski definition) is 5. The van der Waals surface area contributed by atoms with Gasteiger partial charge in [-0.05, 0) is 32.8 Å². The van der Waals surface area contributed by atoms with Crippen LogP contribution in [0, 0.1) is 0 Å². The molecule has 2 aromatic rings. The van der Waals surface area contributed by atoms with E-state index < -0.39 is 95.8 Å². The molecule has 0 unspecified atom stereocenters. The van der Waals surface area contributed by atoms with E-state index >= 15 is 0 Å². The van der Waals surface area contributed by atoms with Gasteiger partial charge in [0, 0.05) is 19.1 Å². The molecule has 300 valence electrons. The Labute approximate surface area is 289 Å². The van der Waals surface area contributed by atoms with Crippen molar-refractivity contribution in [3.05, 3.63) is 71.8 Å². The van der Waals surface area contributed by atoms with Crippen molar-refractivity contribution in [1.29, 1.82) is 0 Å². The zero-order valence-corrected chi connectivity index (χ0v) is 27.4. The van der Waals surface area contributed by atoms with Gasteiger partial charge in [-0.2, -0.15) is 70.2 Å². The first-order valence-electron chi connectivity index (χ1n) is 14.6.